The first-order valence-electron chi connectivity index (χ1n) is 8.95. The molecule has 28 heavy (non-hydrogen) atoms. The van der Waals surface area contributed by atoms with E-state index >= 15 is 0 Å². The number of benzene rings is 3. The normalized spacial score (nSPS) is 10.8. The van der Waals surface area contributed by atoms with Gasteiger partial charge in [0.25, 0.3) is 0 Å². The molecule has 1 N–H and O–H groups in total. The minimum Gasteiger partial charge on any atom is -0.497 e. The molecule has 0 aliphatic rings. The molecule has 0 fully saturated rings. The van der Waals surface area contributed by atoms with Gasteiger partial charge < -0.3 is 9.84 Å². The van der Waals surface area contributed by atoms with Crippen molar-refractivity contribution < 1.29 is 14.6 Å². The molecule has 0 unspecified atom stereocenters. The summed E-state index contributed by atoms with van der Waals surface area (Å²) < 4.78 is 5.29. The average Bonchev–Trinajstić information content (AvgIpc) is 2.71. The Morgan fingerprint density at radius 1 is 0.964 bits per heavy atom. The molecule has 0 saturated heterocycles. The molecule has 0 radical (unpaired) electrons. The van der Waals surface area contributed by atoms with Crippen LogP contribution in [-0.4, -0.2) is 18.2 Å². The molecule has 0 spiro atoms. The van der Waals surface area contributed by atoms with Crippen molar-refractivity contribution in [1.29, 1.82) is 0 Å². The van der Waals surface area contributed by atoms with Crippen LogP contribution in [0.2, 0.25) is 0 Å². The molecule has 0 amide bonds. The van der Waals surface area contributed by atoms with Gasteiger partial charge in [-0.2, -0.15) is 0 Å². The number of carboxylic acid groups (broad SMARTS) is 1. The first kappa shape index (κ1) is 19.2. The Labute approximate surface area is 165 Å². The van der Waals surface area contributed by atoms with E-state index in [1.165, 1.54) is 5.56 Å². The monoisotopic (exact) mass is 370 g/mol. The van der Waals surface area contributed by atoms with Crippen molar-refractivity contribution in [1.82, 2.24) is 0 Å². The van der Waals surface area contributed by atoms with Gasteiger partial charge in [0, 0.05) is 6.08 Å². The maximum Gasteiger partial charge on any atom is 0.328 e. The van der Waals surface area contributed by atoms with Crippen LogP contribution in [0.15, 0.2) is 73.3 Å². The Balaban J connectivity index is 2.12. The largest absolute Gasteiger partial charge is 0.497 e. The van der Waals surface area contributed by atoms with E-state index in [9.17, 15) is 4.79 Å². The van der Waals surface area contributed by atoms with Crippen LogP contribution >= 0.6 is 0 Å². The molecule has 3 nitrogen and oxygen atoms in total. The molecule has 3 rings (SSSR count). The van der Waals surface area contributed by atoms with Crippen molar-refractivity contribution in [2.24, 2.45) is 0 Å². The van der Waals surface area contributed by atoms with Crippen molar-refractivity contribution >= 4 is 18.1 Å². The summed E-state index contributed by atoms with van der Waals surface area (Å²) in [7, 11) is 1.59. The fraction of sp³-hybridized carbons (Fsp3) is 0.0800. The average molecular weight is 370 g/mol. The minimum atomic E-state index is -0.990. The molecule has 140 valence electrons. The first-order valence-corrected chi connectivity index (χ1v) is 8.95. The summed E-state index contributed by atoms with van der Waals surface area (Å²) in [5.74, 6) is -0.315. The van der Waals surface area contributed by atoms with E-state index < -0.39 is 5.97 Å². The third-order valence-corrected chi connectivity index (χ3v) is 4.58. The van der Waals surface area contributed by atoms with E-state index in [0.717, 1.165) is 39.5 Å². The van der Waals surface area contributed by atoms with Crippen LogP contribution in [0.3, 0.4) is 0 Å². The summed E-state index contributed by atoms with van der Waals surface area (Å²) in [4.78, 5) is 11.0. The molecule has 0 bridgehead atoms. The zero-order valence-corrected chi connectivity index (χ0v) is 16.0. The van der Waals surface area contributed by atoms with Crippen LogP contribution in [0.4, 0.5) is 0 Å². The maximum absolute atomic E-state index is 11.0. The second-order valence-corrected chi connectivity index (χ2v) is 6.50. The Morgan fingerprint density at radius 2 is 1.68 bits per heavy atom. The number of ether oxygens (including phenoxy) is 1. The van der Waals surface area contributed by atoms with Gasteiger partial charge in [-0.05, 0) is 64.6 Å². The molecule has 0 aliphatic heterocycles. The highest BCUT2D eigenvalue weighted by atomic mass is 16.5. The number of carboxylic acids is 1. The minimum absolute atomic E-state index is 0.675. The molecule has 3 aromatic rings. The van der Waals surface area contributed by atoms with Crippen molar-refractivity contribution in [3.63, 3.8) is 0 Å². The SMILES string of the molecule is C=Cc1cc(-c2ccc(OC)cc2/C=C/C(=O)O)ccc1-c1cccc(C)c1. The third-order valence-electron chi connectivity index (χ3n) is 4.58. The highest BCUT2D eigenvalue weighted by Gasteiger charge is 2.09. The Hall–Kier alpha value is -3.59. The van der Waals surface area contributed by atoms with Crippen molar-refractivity contribution in [3.8, 4) is 28.0 Å². The van der Waals surface area contributed by atoms with Gasteiger partial charge in [-0.15, -0.1) is 0 Å². The number of rotatable bonds is 6. The number of aryl methyl sites for hydroxylation is 1. The smallest absolute Gasteiger partial charge is 0.328 e. The number of aliphatic carboxylic acids is 1. The molecule has 0 heterocycles. The molecular weight excluding hydrogens is 348 g/mol. The summed E-state index contributed by atoms with van der Waals surface area (Å²) in [6.45, 7) is 6.05. The number of methoxy groups -OCH3 is 1. The Morgan fingerprint density at radius 3 is 2.36 bits per heavy atom. The Kier molecular flexibility index (Phi) is 5.75. The van der Waals surface area contributed by atoms with Gasteiger partial charge in [0.1, 0.15) is 5.75 Å². The van der Waals surface area contributed by atoms with E-state index in [1.54, 1.807) is 13.2 Å². The molecule has 3 heteroatoms. The summed E-state index contributed by atoms with van der Waals surface area (Å²) >= 11 is 0. The molecule has 0 saturated carbocycles. The first-order chi connectivity index (χ1) is 13.5. The van der Waals surface area contributed by atoms with Crippen molar-refractivity contribution in [2.45, 2.75) is 6.92 Å². The molecular formula is C25H22O3. The van der Waals surface area contributed by atoms with Gasteiger partial charge in [-0.25, -0.2) is 4.79 Å². The van der Waals surface area contributed by atoms with E-state index in [1.807, 2.05) is 36.4 Å². The lowest BCUT2D eigenvalue weighted by Gasteiger charge is -2.13. The Bertz CT molecular complexity index is 1060. The summed E-state index contributed by atoms with van der Waals surface area (Å²) in [6, 6.07) is 20.2. The van der Waals surface area contributed by atoms with Crippen LogP contribution < -0.4 is 4.74 Å². The lowest BCUT2D eigenvalue weighted by atomic mass is 9.92. The van der Waals surface area contributed by atoms with E-state index in [-0.39, 0.29) is 0 Å². The zero-order chi connectivity index (χ0) is 20.1. The fourth-order valence-electron chi connectivity index (χ4n) is 3.20. The lowest BCUT2D eigenvalue weighted by Crippen LogP contribution is -1.91. The van der Waals surface area contributed by atoms with Crippen LogP contribution in [0.1, 0.15) is 16.7 Å². The van der Waals surface area contributed by atoms with Gasteiger partial charge in [0.05, 0.1) is 7.11 Å². The van der Waals surface area contributed by atoms with E-state index in [4.69, 9.17) is 9.84 Å². The fourth-order valence-corrected chi connectivity index (χ4v) is 3.20. The lowest BCUT2D eigenvalue weighted by molar-refractivity contribution is -0.131. The van der Waals surface area contributed by atoms with Crippen LogP contribution in [-0.2, 0) is 4.79 Å². The number of hydrogen-bond acceptors (Lipinski definition) is 2. The summed E-state index contributed by atoms with van der Waals surface area (Å²) in [5, 5.41) is 9.00. The topological polar surface area (TPSA) is 46.5 Å². The molecule has 0 atom stereocenters. The molecule has 3 aromatic carbocycles. The van der Waals surface area contributed by atoms with Gasteiger partial charge in [0.2, 0.25) is 0 Å². The maximum atomic E-state index is 11.0. The molecule has 0 aliphatic carbocycles. The summed E-state index contributed by atoms with van der Waals surface area (Å²) in [6.07, 6.45) is 4.56. The quantitative estimate of drug-likeness (QED) is 0.535. The second-order valence-electron chi connectivity index (χ2n) is 6.50. The van der Waals surface area contributed by atoms with Gasteiger partial charge in [-0.1, -0.05) is 60.7 Å². The predicted octanol–water partition coefficient (Wildman–Crippen LogP) is 6.08. The number of carbonyl (C=O) groups is 1. The standard InChI is InChI=1S/C25H22O3/c1-4-18-15-20(8-11-23(18)19-7-5-6-17(2)14-19)24-12-10-22(28-3)16-21(24)9-13-25(26)27/h4-16H,1H2,2-3H3,(H,26,27)/b13-9+. The van der Waals surface area contributed by atoms with Gasteiger partial charge in [-0.3, -0.25) is 0 Å². The van der Waals surface area contributed by atoms with Crippen LogP contribution in [0.25, 0.3) is 34.4 Å². The number of hydrogen-bond donors (Lipinski definition) is 1. The van der Waals surface area contributed by atoms with Gasteiger partial charge in [0.15, 0.2) is 0 Å². The third kappa shape index (κ3) is 4.21. The van der Waals surface area contributed by atoms with Gasteiger partial charge >= 0.3 is 5.97 Å². The van der Waals surface area contributed by atoms with Crippen molar-refractivity contribution in [3.05, 3.63) is 90.0 Å². The van der Waals surface area contributed by atoms with Crippen LogP contribution in [0.5, 0.6) is 5.75 Å². The highest BCUT2D eigenvalue weighted by Crippen LogP contribution is 2.33. The highest BCUT2D eigenvalue weighted by molar-refractivity contribution is 5.89. The van der Waals surface area contributed by atoms with E-state index in [2.05, 4.69) is 43.8 Å². The predicted molar refractivity (Wildman–Crippen MR) is 115 cm³/mol. The van der Waals surface area contributed by atoms with Crippen LogP contribution in [0, 0.1) is 6.92 Å². The van der Waals surface area contributed by atoms with E-state index in [0.29, 0.717) is 5.75 Å². The van der Waals surface area contributed by atoms with Crippen molar-refractivity contribution in [2.75, 3.05) is 7.11 Å². The second kappa shape index (κ2) is 8.40. The molecule has 0 aromatic heterocycles. The zero-order valence-electron chi connectivity index (χ0n) is 16.0. The summed E-state index contributed by atoms with van der Waals surface area (Å²) in [5.41, 5.74) is 7.16.